The molecule has 0 saturated heterocycles. The normalized spacial score (nSPS) is 10.7. The van der Waals surface area contributed by atoms with Gasteiger partial charge in [0.2, 0.25) is 5.91 Å². The Kier molecular flexibility index (Phi) is 7.60. The van der Waals surface area contributed by atoms with Crippen molar-refractivity contribution in [1.82, 2.24) is 10.2 Å². The van der Waals surface area contributed by atoms with Gasteiger partial charge in [0.05, 0.1) is 6.42 Å². The molecule has 0 saturated carbocycles. The second-order valence-electron chi connectivity index (χ2n) is 4.57. The highest BCUT2D eigenvalue weighted by atomic mass is 32.1. The van der Waals surface area contributed by atoms with Crippen molar-refractivity contribution in [2.45, 2.75) is 31.6 Å². The van der Waals surface area contributed by atoms with Gasteiger partial charge in [-0.1, -0.05) is 26.0 Å². The number of benzene rings is 1. The van der Waals surface area contributed by atoms with E-state index in [0.29, 0.717) is 6.42 Å². The molecule has 1 amide bonds. The van der Waals surface area contributed by atoms with Crippen LogP contribution in [-0.2, 0) is 11.2 Å². The van der Waals surface area contributed by atoms with E-state index < -0.39 is 0 Å². The maximum atomic E-state index is 11.7. The highest BCUT2D eigenvalue weighted by Gasteiger charge is 2.03. The molecule has 1 rings (SSSR count). The van der Waals surface area contributed by atoms with E-state index in [0.717, 1.165) is 43.1 Å². The molecule has 0 bridgehead atoms. The van der Waals surface area contributed by atoms with Gasteiger partial charge in [-0.05, 0) is 43.8 Å². The van der Waals surface area contributed by atoms with E-state index in [9.17, 15) is 4.79 Å². The Hall–Kier alpha value is -1.00. The van der Waals surface area contributed by atoms with Gasteiger partial charge >= 0.3 is 0 Å². The van der Waals surface area contributed by atoms with E-state index in [1.54, 1.807) is 0 Å². The van der Waals surface area contributed by atoms with Gasteiger partial charge in [-0.2, -0.15) is 0 Å². The third kappa shape index (κ3) is 6.64. The minimum absolute atomic E-state index is 0.0893. The third-order valence-electron chi connectivity index (χ3n) is 3.17. The lowest BCUT2D eigenvalue weighted by Crippen LogP contribution is -2.30. The Bertz CT molecular complexity index is 374. The summed E-state index contributed by atoms with van der Waals surface area (Å²) in [6.45, 7) is 8.25. The van der Waals surface area contributed by atoms with Gasteiger partial charge < -0.3 is 10.2 Å². The molecule has 0 atom stereocenters. The summed E-state index contributed by atoms with van der Waals surface area (Å²) in [4.78, 5) is 15.0. The van der Waals surface area contributed by atoms with Crippen molar-refractivity contribution in [1.29, 1.82) is 0 Å². The topological polar surface area (TPSA) is 32.3 Å². The molecule has 0 aromatic heterocycles. The fourth-order valence-corrected chi connectivity index (χ4v) is 2.08. The molecule has 1 aromatic rings. The van der Waals surface area contributed by atoms with Gasteiger partial charge in [0, 0.05) is 11.4 Å². The fraction of sp³-hybridized carbons (Fsp3) is 0.533. The molecular formula is C15H24N2OS. The van der Waals surface area contributed by atoms with Crippen molar-refractivity contribution in [2.24, 2.45) is 0 Å². The number of hydrogen-bond donors (Lipinski definition) is 2. The van der Waals surface area contributed by atoms with Crippen molar-refractivity contribution in [3.8, 4) is 0 Å². The van der Waals surface area contributed by atoms with Crippen LogP contribution in [0.2, 0.25) is 0 Å². The SMILES string of the molecule is CCN(CC)CCCNC(=O)Cc1ccc(S)cc1. The Balaban J connectivity index is 2.19. The summed E-state index contributed by atoms with van der Waals surface area (Å²) in [6, 6.07) is 7.70. The van der Waals surface area contributed by atoms with Crippen molar-refractivity contribution in [3.63, 3.8) is 0 Å². The lowest BCUT2D eigenvalue weighted by Gasteiger charge is -2.17. The number of nitrogens with zero attached hydrogens (tertiary/aromatic N) is 1. The van der Waals surface area contributed by atoms with Gasteiger partial charge in [0.25, 0.3) is 0 Å². The predicted molar refractivity (Wildman–Crippen MR) is 82.8 cm³/mol. The maximum Gasteiger partial charge on any atom is 0.224 e. The molecule has 106 valence electrons. The smallest absolute Gasteiger partial charge is 0.224 e. The molecule has 1 aromatic carbocycles. The molecule has 0 radical (unpaired) electrons. The summed E-state index contributed by atoms with van der Waals surface area (Å²) >= 11 is 4.22. The second kappa shape index (κ2) is 8.99. The zero-order valence-corrected chi connectivity index (χ0v) is 12.7. The minimum Gasteiger partial charge on any atom is -0.356 e. The Morgan fingerprint density at radius 1 is 1.21 bits per heavy atom. The largest absolute Gasteiger partial charge is 0.356 e. The average molecular weight is 280 g/mol. The van der Waals surface area contributed by atoms with E-state index in [1.165, 1.54) is 0 Å². The third-order valence-corrected chi connectivity index (χ3v) is 3.47. The molecule has 0 aliphatic carbocycles. The van der Waals surface area contributed by atoms with Crippen LogP contribution < -0.4 is 5.32 Å². The van der Waals surface area contributed by atoms with Crippen LogP contribution in [0.1, 0.15) is 25.8 Å². The van der Waals surface area contributed by atoms with E-state index in [1.807, 2.05) is 24.3 Å². The van der Waals surface area contributed by atoms with Crippen LogP contribution in [0.5, 0.6) is 0 Å². The molecule has 0 aliphatic heterocycles. The predicted octanol–water partition coefficient (Wildman–Crippen LogP) is 2.37. The van der Waals surface area contributed by atoms with Gasteiger partial charge in [-0.3, -0.25) is 4.79 Å². The van der Waals surface area contributed by atoms with Crippen molar-refractivity contribution in [2.75, 3.05) is 26.2 Å². The first kappa shape index (κ1) is 16.1. The first-order valence-corrected chi connectivity index (χ1v) is 7.37. The molecule has 4 heteroatoms. The molecule has 0 spiro atoms. The fourth-order valence-electron chi connectivity index (χ4n) is 1.93. The van der Waals surface area contributed by atoms with Gasteiger partial charge in [-0.25, -0.2) is 0 Å². The summed E-state index contributed by atoms with van der Waals surface area (Å²) in [5.74, 6) is 0.0893. The summed E-state index contributed by atoms with van der Waals surface area (Å²) < 4.78 is 0. The summed E-state index contributed by atoms with van der Waals surface area (Å²) in [5.41, 5.74) is 1.03. The number of rotatable bonds is 8. The second-order valence-corrected chi connectivity index (χ2v) is 5.09. The Labute approximate surface area is 121 Å². The van der Waals surface area contributed by atoms with Crippen LogP contribution >= 0.6 is 12.6 Å². The van der Waals surface area contributed by atoms with Gasteiger partial charge in [-0.15, -0.1) is 12.6 Å². The van der Waals surface area contributed by atoms with Crippen molar-refractivity contribution < 1.29 is 4.79 Å². The zero-order chi connectivity index (χ0) is 14.1. The number of amides is 1. The standard InChI is InChI=1S/C15H24N2OS/c1-3-17(4-2)11-5-10-16-15(18)12-13-6-8-14(19)9-7-13/h6-9,19H,3-5,10-12H2,1-2H3,(H,16,18). The molecular weight excluding hydrogens is 256 g/mol. The lowest BCUT2D eigenvalue weighted by molar-refractivity contribution is -0.120. The summed E-state index contributed by atoms with van der Waals surface area (Å²) in [6.07, 6.45) is 1.45. The molecule has 0 fully saturated rings. The first-order valence-electron chi connectivity index (χ1n) is 6.92. The number of carbonyl (C=O) groups excluding carboxylic acids is 1. The first-order chi connectivity index (χ1) is 9.15. The monoisotopic (exact) mass is 280 g/mol. The molecule has 0 aliphatic rings. The Morgan fingerprint density at radius 3 is 2.42 bits per heavy atom. The number of carbonyl (C=O) groups is 1. The summed E-state index contributed by atoms with van der Waals surface area (Å²) in [5, 5.41) is 2.96. The summed E-state index contributed by atoms with van der Waals surface area (Å²) in [7, 11) is 0. The van der Waals surface area contributed by atoms with Crippen molar-refractivity contribution >= 4 is 18.5 Å². The molecule has 0 unspecified atom stereocenters. The van der Waals surface area contributed by atoms with E-state index >= 15 is 0 Å². The lowest BCUT2D eigenvalue weighted by atomic mass is 10.1. The number of nitrogens with one attached hydrogen (secondary N) is 1. The molecule has 0 heterocycles. The minimum atomic E-state index is 0.0893. The quantitative estimate of drug-likeness (QED) is 0.566. The molecule has 1 N–H and O–H groups in total. The molecule has 19 heavy (non-hydrogen) atoms. The highest BCUT2D eigenvalue weighted by Crippen LogP contribution is 2.08. The van der Waals surface area contributed by atoms with E-state index in [2.05, 4.69) is 36.7 Å². The number of thiol groups is 1. The van der Waals surface area contributed by atoms with Gasteiger partial charge in [0.15, 0.2) is 0 Å². The van der Waals surface area contributed by atoms with Crippen LogP contribution in [-0.4, -0.2) is 37.0 Å². The van der Waals surface area contributed by atoms with Crippen LogP contribution in [0.25, 0.3) is 0 Å². The maximum absolute atomic E-state index is 11.7. The Morgan fingerprint density at radius 2 is 1.84 bits per heavy atom. The van der Waals surface area contributed by atoms with E-state index in [-0.39, 0.29) is 5.91 Å². The highest BCUT2D eigenvalue weighted by molar-refractivity contribution is 7.80. The number of hydrogen-bond acceptors (Lipinski definition) is 3. The average Bonchev–Trinajstić information content (AvgIpc) is 2.42. The van der Waals surface area contributed by atoms with Crippen LogP contribution in [0.4, 0.5) is 0 Å². The van der Waals surface area contributed by atoms with Crippen LogP contribution in [0, 0.1) is 0 Å². The van der Waals surface area contributed by atoms with E-state index in [4.69, 9.17) is 0 Å². The van der Waals surface area contributed by atoms with Crippen LogP contribution in [0.15, 0.2) is 29.2 Å². The zero-order valence-electron chi connectivity index (χ0n) is 11.9. The molecule has 3 nitrogen and oxygen atoms in total. The van der Waals surface area contributed by atoms with Crippen LogP contribution in [0.3, 0.4) is 0 Å². The van der Waals surface area contributed by atoms with Gasteiger partial charge in [0.1, 0.15) is 0 Å². The van der Waals surface area contributed by atoms with Crippen molar-refractivity contribution in [3.05, 3.63) is 29.8 Å².